The maximum atomic E-state index is 10.9. The first-order valence-electron chi connectivity index (χ1n) is 4.27. The Balaban J connectivity index is 2.85. The molecule has 0 aliphatic carbocycles. The molecule has 0 saturated heterocycles. The van der Waals surface area contributed by atoms with Crippen molar-refractivity contribution in [2.24, 2.45) is 0 Å². The topological polar surface area (TPSA) is 66.4 Å². The lowest BCUT2D eigenvalue weighted by atomic mass is 10.1. The lowest BCUT2D eigenvalue weighted by Gasteiger charge is -2.06. The Morgan fingerprint density at radius 3 is 2.57 bits per heavy atom. The van der Waals surface area contributed by atoms with E-state index in [0.29, 0.717) is 5.69 Å². The van der Waals surface area contributed by atoms with Crippen LogP contribution in [0.5, 0.6) is 0 Å². The van der Waals surface area contributed by atoms with Gasteiger partial charge in [-0.1, -0.05) is 25.1 Å². The second-order valence-corrected chi connectivity index (χ2v) is 2.77. The molecule has 14 heavy (non-hydrogen) atoms. The lowest BCUT2D eigenvalue weighted by molar-refractivity contribution is -0.147. The van der Waals surface area contributed by atoms with Gasteiger partial charge in [0.05, 0.1) is 0 Å². The second kappa shape index (κ2) is 4.41. The van der Waals surface area contributed by atoms with Crippen molar-refractivity contribution in [1.82, 2.24) is 0 Å². The number of amides is 1. The van der Waals surface area contributed by atoms with E-state index in [-0.39, 0.29) is 0 Å². The molecule has 4 heteroatoms. The number of aliphatic carboxylic acids is 1. The van der Waals surface area contributed by atoms with Crippen LogP contribution in [-0.4, -0.2) is 17.0 Å². The normalized spacial score (nSPS) is 9.50. The summed E-state index contributed by atoms with van der Waals surface area (Å²) in [7, 11) is 0. The first kappa shape index (κ1) is 10.2. The molecule has 2 N–H and O–H groups in total. The van der Waals surface area contributed by atoms with Crippen LogP contribution < -0.4 is 5.32 Å². The molecule has 0 fully saturated rings. The Hall–Kier alpha value is -1.84. The van der Waals surface area contributed by atoms with E-state index < -0.39 is 11.9 Å². The lowest BCUT2D eigenvalue weighted by Crippen LogP contribution is -2.22. The van der Waals surface area contributed by atoms with E-state index in [1.165, 1.54) is 0 Å². The summed E-state index contributed by atoms with van der Waals surface area (Å²) in [6.45, 7) is 1.94. The molecule has 0 aliphatic heterocycles. The molecule has 1 aromatic carbocycles. The number of carbonyl (C=O) groups is 2. The molecule has 0 aromatic heterocycles. The number of carboxylic acids is 1. The van der Waals surface area contributed by atoms with Crippen molar-refractivity contribution < 1.29 is 14.7 Å². The van der Waals surface area contributed by atoms with E-state index in [4.69, 9.17) is 5.11 Å². The maximum absolute atomic E-state index is 10.9. The SMILES string of the molecule is CCc1ccccc1NC(=O)C(=O)O. The number of rotatable bonds is 2. The molecule has 0 radical (unpaired) electrons. The minimum absolute atomic E-state index is 0.558. The number of hydrogen-bond acceptors (Lipinski definition) is 2. The highest BCUT2D eigenvalue weighted by atomic mass is 16.4. The fourth-order valence-corrected chi connectivity index (χ4v) is 1.13. The molecule has 4 nitrogen and oxygen atoms in total. The molecule has 0 saturated carbocycles. The average Bonchev–Trinajstić information content (AvgIpc) is 2.18. The average molecular weight is 193 g/mol. The van der Waals surface area contributed by atoms with E-state index >= 15 is 0 Å². The predicted molar refractivity (Wildman–Crippen MR) is 52.1 cm³/mol. The summed E-state index contributed by atoms with van der Waals surface area (Å²) in [6, 6.07) is 7.11. The fourth-order valence-electron chi connectivity index (χ4n) is 1.13. The summed E-state index contributed by atoms with van der Waals surface area (Å²) >= 11 is 0. The zero-order chi connectivity index (χ0) is 10.6. The van der Waals surface area contributed by atoms with E-state index in [1.54, 1.807) is 12.1 Å². The minimum atomic E-state index is -1.48. The zero-order valence-corrected chi connectivity index (χ0v) is 7.78. The molecule has 0 atom stereocenters. The van der Waals surface area contributed by atoms with Gasteiger partial charge in [-0.3, -0.25) is 4.79 Å². The Kier molecular flexibility index (Phi) is 3.23. The van der Waals surface area contributed by atoms with Crippen molar-refractivity contribution >= 4 is 17.6 Å². The number of carbonyl (C=O) groups excluding carboxylic acids is 1. The Bertz CT molecular complexity index is 360. The molecule has 1 aromatic rings. The van der Waals surface area contributed by atoms with Gasteiger partial charge in [-0.15, -0.1) is 0 Å². The van der Waals surface area contributed by atoms with Gasteiger partial charge in [0.15, 0.2) is 0 Å². The van der Waals surface area contributed by atoms with Gasteiger partial charge in [-0.2, -0.15) is 0 Å². The van der Waals surface area contributed by atoms with Crippen molar-refractivity contribution in [3.63, 3.8) is 0 Å². The second-order valence-electron chi connectivity index (χ2n) is 2.77. The first-order chi connectivity index (χ1) is 6.65. The van der Waals surface area contributed by atoms with Crippen molar-refractivity contribution in [1.29, 1.82) is 0 Å². The number of para-hydroxylation sites is 1. The largest absolute Gasteiger partial charge is 0.474 e. The first-order valence-corrected chi connectivity index (χ1v) is 4.27. The van der Waals surface area contributed by atoms with E-state index in [9.17, 15) is 9.59 Å². The highest BCUT2D eigenvalue weighted by Crippen LogP contribution is 2.14. The maximum Gasteiger partial charge on any atom is 0.394 e. The minimum Gasteiger partial charge on any atom is -0.474 e. The summed E-state index contributed by atoms with van der Waals surface area (Å²) in [5, 5.41) is 10.7. The Labute approximate surface area is 81.6 Å². The molecular formula is C10H11NO3. The number of nitrogens with one attached hydrogen (secondary N) is 1. The third-order valence-corrected chi connectivity index (χ3v) is 1.84. The van der Waals surface area contributed by atoms with Crippen LogP contribution in [0.15, 0.2) is 24.3 Å². The van der Waals surface area contributed by atoms with Crippen LogP contribution in [0, 0.1) is 0 Å². The van der Waals surface area contributed by atoms with Crippen LogP contribution in [-0.2, 0) is 16.0 Å². The standard InChI is InChI=1S/C10H11NO3/c1-2-7-5-3-4-6-8(7)11-9(12)10(13)14/h3-6H,2H2,1H3,(H,11,12)(H,13,14). The smallest absolute Gasteiger partial charge is 0.394 e. The number of aryl methyl sites for hydroxylation is 1. The summed E-state index contributed by atoms with van der Waals surface area (Å²) in [4.78, 5) is 21.2. The van der Waals surface area contributed by atoms with Gasteiger partial charge >= 0.3 is 11.9 Å². The van der Waals surface area contributed by atoms with Gasteiger partial charge in [-0.25, -0.2) is 4.79 Å². The van der Waals surface area contributed by atoms with Crippen LogP contribution in [0.2, 0.25) is 0 Å². The van der Waals surface area contributed by atoms with Gasteiger partial charge in [0.25, 0.3) is 0 Å². The highest BCUT2D eigenvalue weighted by Gasteiger charge is 2.12. The highest BCUT2D eigenvalue weighted by molar-refractivity contribution is 6.36. The third-order valence-electron chi connectivity index (χ3n) is 1.84. The molecule has 0 bridgehead atoms. The molecule has 74 valence electrons. The van der Waals surface area contributed by atoms with Crippen molar-refractivity contribution in [3.05, 3.63) is 29.8 Å². The van der Waals surface area contributed by atoms with Gasteiger partial charge in [0.2, 0.25) is 0 Å². The fraction of sp³-hybridized carbons (Fsp3) is 0.200. The van der Waals surface area contributed by atoms with E-state index in [2.05, 4.69) is 5.32 Å². The van der Waals surface area contributed by atoms with E-state index in [1.807, 2.05) is 19.1 Å². The third kappa shape index (κ3) is 2.32. The van der Waals surface area contributed by atoms with Gasteiger partial charge < -0.3 is 10.4 Å². The number of hydrogen-bond donors (Lipinski definition) is 2. The summed E-state index contributed by atoms with van der Waals surface area (Å²) in [5.74, 6) is -2.48. The van der Waals surface area contributed by atoms with Gasteiger partial charge in [0.1, 0.15) is 0 Å². The van der Waals surface area contributed by atoms with Gasteiger partial charge in [-0.05, 0) is 18.1 Å². The Morgan fingerprint density at radius 2 is 2.00 bits per heavy atom. The van der Waals surface area contributed by atoms with Crippen LogP contribution >= 0.6 is 0 Å². The molecule has 0 spiro atoms. The summed E-state index contributed by atoms with van der Waals surface area (Å²) in [5.41, 5.74) is 1.48. The van der Waals surface area contributed by atoms with Crippen LogP contribution in [0.25, 0.3) is 0 Å². The van der Waals surface area contributed by atoms with Crippen molar-refractivity contribution in [2.45, 2.75) is 13.3 Å². The van der Waals surface area contributed by atoms with Crippen LogP contribution in [0.3, 0.4) is 0 Å². The number of anilines is 1. The number of carboxylic acid groups (broad SMARTS) is 1. The molecular weight excluding hydrogens is 182 g/mol. The van der Waals surface area contributed by atoms with Crippen molar-refractivity contribution in [2.75, 3.05) is 5.32 Å². The quantitative estimate of drug-likeness (QED) is 0.695. The molecule has 1 rings (SSSR count). The molecule has 0 aliphatic rings. The number of benzene rings is 1. The Morgan fingerprint density at radius 1 is 1.36 bits per heavy atom. The predicted octanol–water partition coefficient (Wildman–Crippen LogP) is 1.27. The monoisotopic (exact) mass is 193 g/mol. The molecule has 0 unspecified atom stereocenters. The summed E-state index contributed by atoms with van der Waals surface area (Å²) < 4.78 is 0. The van der Waals surface area contributed by atoms with Crippen molar-refractivity contribution in [3.8, 4) is 0 Å². The van der Waals surface area contributed by atoms with Crippen LogP contribution in [0.4, 0.5) is 5.69 Å². The summed E-state index contributed by atoms with van der Waals surface area (Å²) in [6.07, 6.45) is 0.746. The zero-order valence-electron chi connectivity index (χ0n) is 7.78. The molecule has 0 heterocycles. The van der Waals surface area contributed by atoms with E-state index in [0.717, 1.165) is 12.0 Å². The molecule has 1 amide bonds. The van der Waals surface area contributed by atoms with Crippen LogP contribution in [0.1, 0.15) is 12.5 Å². The van der Waals surface area contributed by atoms with Gasteiger partial charge in [0, 0.05) is 5.69 Å².